The van der Waals surface area contributed by atoms with Gasteiger partial charge >= 0.3 is 18.3 Å². The average molecular weight is 306 g/mol. The highest BCUT2D eigenvalue weighted by molar-refractivity contribution is 5.77. The molecule has 0 bridgehead atoms. The molecule has 0 fully saturated rings. The van der Waals surface area contributed by atoms with Crippen LogP contribution in [0.25, 0.3) is 0 Å². The van der Waals surface area contributed by atoms with Gasteiger partial charge in [0.05, 0.1) is 6.61 Å². The van der Waals surface area contributed by atoms with Crippen LogP contribution >= 0.6 is 0 Å². The molecule has 0 unspecified atom stereocenters. The first kappa shape index (κ1) is 21.5. The molecule has 0 aromatic carbocycles. The highest BCUT2D eigenvalue weighted by atomic mass is 16.8. The lowest BCUT2D eigenvalue weighted by atomic mass is 10.2. The van der Waals surface area contributed by atoms with Gasteiger partial charge in [-0.05, 0) is 48.5 Å². The highest BCUT2D eigenvalue weighted by Crippen LogP contribution is 2.11. The standard InChI is InChI=1S/C10H18O5.C4H8O2/c1-9(2,3)14-7(11)13-8(12)15-10(4,5)6;1-3-6-4(2)5/h1-6H3;3H2,1-2H3. The first-order chi connectivity index (χ1) is 9.26. The van der Waals surface area contributed by atoms with Crippen LogP contribution in [-0.4, -0.2) is 36.1 Å². The topological polar surface area (TPSA) is 88.1 Å². The minimum Gasteiger partial charge on any atom is -0.466 e. The fourth-order valence-corrected chi connectivity index (χ4v) is 0.813. The Balaban J connectivity index is 0. The van der Waals surface area contributed by atoms with Crippen molar-refractivity contribution in [2.24, 2.45) is 0 Å². The molecule has 0 aliphatic carbocycles. The third kappa shape index (κ3) is 20.7. The summed E-state index contributed by atoms with van der Waals surface area (Å²) >= 11 is 0. The van der Waals surface area contributed by atoms with Crippen LogP contribution in [0.15, 0.2) is 0 Å². The van der Waals surface area contributed by atoms with E-state index < -0.39 is 23.5 Å². The normalized spacial score (nSPS) is 10.7. The molecule has 7 heteroatoms. The largest absolute Gasteiger partial charge is 0.519 e. The lowest BCUT2D eigenvalue weighted by Gasteiger charge is -2.20. The zero-order chi connectivity index (χ0) is 17.3. The quantitative estimate of drug-likeness (QED) is 0.416. The fraction of sp³-hybridized carbons (Fsp3) is 0.786. The van der Waals surface area contributed by atoms with E-state index in [1.807, 2.05) is 0 Å². The summed E-state index contributed by atoms with van der Waals surface area (Å²) < 4.78 is 18.2. The van der Waals surface area contributed by atoms with Crippen molar-refractivity contribution in [2.45, 2.75) is 66.6 Å². The van der Waals surface area contributed by atoms with E-state index in [0.29, 0.717) is 6.61 Å². The molecule has 0 aromatic heterocycles. The number of hydrogen-bond acceptors (Lipinski definition) is 7. The molecular weight excluding hydrogens is 280 g/mol. The Morgan fingerprint density at radius 3 is 1.29 bits per heavy atom. The van der Waals surface area contributed by atoms with E-state index >= 15 is 0 Å². The fourth-order valence-electron chi connectivity index (χ4n) is 0.813. The van der Waals surface area contributed by atoms with Crippen molar-refractivity contribution in [3.63, 3.8) is 0 Å². The van der Waals surface area contributed by atoms with Gasteiger partial charge in [-0.3, -0.25) is 4.79 Å². The summed E-state index contributed by atoms with van der Waals surface area (Å²) in [5.74, 6) is -0.211. The van der Waals surface area contributed by atoms with Gasteiger partial charge in [0.25, 0.3) is 0 Å². The minimum absolute atomic E-state index is 0.211. The maximum Gasteiger partial charge on any atom is 0.519 e. The van der Waals surface area contributed by atoms with Crippen molar-refractivity contribution in [3.8, 4) is 0 Å². The Morgan fingerprint density at radius 2 is 1.14 bits per heavy atom. The van der Waals surface area contributed by atoms with E-state index in [2.05, 4.69) is 9.47 Å². The second kappa shape index (κ2) is 9.20. The van der Waals surface area contributed by atoms with Crippen molar-refractivity contribution < 1.29 is 33.3 Å². The first-order valence-corrected chi connectivity index (χ1v) is 6.54. The van der Waals surface area contributed by atoms with Crippen LogP contribution in [0.3, 0.4) is 0 Å². The van der Waals surface area contributed by atoms with Gasteiger partial charge in [0.2, 0.25) is 0 Å². The van der Waals surface area contributed by atoms with Crippen molar-refractivity contribution >= 4 is 18.3 Å². The van der Waals surface area contributed by atoms with Crippen LogP contribution in [0.1, 0.15) is 55.4 Å². The Morgan fingerprint density at radius 1 is 0.810 bits per heavy atom. The van der Waals surface area contributed by atoms with Gasteiger partial charge in [0, 0.05) is 6.92 Å². The van der Waals surface area contributed by atoms with Crippen LogP contribution in [0.2, 0.25) is 0 Å². The molecule has 0 aliphatic heterocycles. The van der Waals surface area contributed by atoms with E-state index in [4.69, 9.17) is 9.47 Å². The zero-order valence-electron chi connectivity index (χ0n) is 14.1. The summed E-state index contributed by atoms with van der Waals surface area (Å²) in [5.41, 5.74) is -1.39. The van der Waals surface area contributed by atoms with Gasteiger partial charge in [0.1, 0.15) is 11.2 Å². The summed E-state index contributed by atoms with van der Waals surface area (Å²) in [5, 5.41) is 0. The van der Waals surface area contributed by atoms with Gasteiger partial charge in [-0.15, -0.1) is 0 Å². The van der Waals surface area contributed by atoms with Crippen molar-refractivity contribution in [1.82, 2.24) is 0 Å². The highest BCUT2D eigenvalue weighted by Gasteiger charge is 2.24. The molecule has 0 spiro atoms. The molecule has 0 aromatic rings. The third-order valence-corrected chi connectivity index (χ3v) is 1.29. The van der Waals surface area contributed by atoms with Gasteiger partial charge in [0.15, 0.2) is 0 Å². The van der Waals surface area contributed by atoms with Gasteiger partial charge in [-0.1, -0.05) is 0 Å². The lowest BCUT2D eigenvalue weighted by molar-refractivity contribution is -0.140. The summed E-state index contributed by atoms with van der Waals surface area (Å²) in [7, 11) is 0. The molecule has 0 radical (unpaired) electrons. The maximum absolute atomic E-state index is 11.0. The maximum atomic E-state index is 11.0. The monoisotopic (exact) mass is 306 g/mol. The van der Waals surface area contributed by atoms with E-state index in [1.54, 1.807) is 48.5 Å². The number of ether oxygens (including phenoxy) is 4. The summed E-state index contributed by atoms with van der Waals surface area (Å²) in [6, 6.07) is 0. The third-order valence-electron chi connectivity index (χ3n) is 1.29. The Hall–Kier alpha value is -1.79. The smallest absolute Gasteiger partial charge is 0.466 e. The molecule has 21 heavy (non-hydrogen) atoms. The van der Waals surface area contributed by atoms with Crippen LogP contribution < -0.4 is 0 Å². The SMILES string of the molecule is CC(C)(C)OC(=O)OC(=O)OC(C)(C)C.CCOC(C)=O. The second-order valence-electron chi connectivity index (χ2n) is 5.96. The summed E-state index contributed by atoms with van der Waals surface area (Å²) in [6.45, 7) is 13.7. The van der Waals surface area contributed by atoms with Crippen molar-refractivity contribution in [3.05, 3.63) is 0 Å². The predicted octanol–water partition coefficient (Wildman–Crippen LogP) is 3.44. The van der Waals surface area contributed by atoms with Crippen LogP contribution in [0, 0.1) is 0 Å². The Kier molecular flexibility index (Phi) is 9.42. The van der Waals surface area contributed by atoms with Gasteiger partial charge in [-0.2, -0.15) is 0 Å². The van der Waals surface area contributed by atoms with E-state index in [9.17, 15) is 14.4 Å². The Bertz CT molecular complexity index is 321. The number of carbonyl (C=O) groups excluding carboxylic acids is 3. The molecular formula is C14H26O7. The molecule has 0 amide bonds. The summed E-state index contributed by atoms with van der Waals surface area (Å²) in [4.78, 5) is 31.8. The van der Waals surface area contributed by atoms with E-state index in [-0.39, 0.29) is 5.97 Å². The van der Waals surface area contributed by atoms with Crippen LogP contribution in [0.4, 0.5) is 9.59 Å². The lowest BCUT2D eigenvalue weighted by Crippen LogP contribution is -2.29. The molecule has 0 rings (SSSR count). The first-order valence-electron chi connectivity index (χ1n) is 6.54. The second-order valence-corrected chi connectivity index (χ2v) is 5.96. The van der Waals surface area contributed by atoms with Crippen LogP contribution in [0.5, 0.6) is 0 Å². The summed E-state index contributed by atoms with van der Waals surface area (Å²) in [6.07, 6.45) is -2.12. The number of esters is 1. The molecule has 0 heterocycles. The zero-order valence-corrected chi connectivity index (χ0v) is 14.1. The molecule has 0 N–H and O–H groups in total. The number of rotatable bonds is 1. The van der Waals surface area contributed by atoms with Gasteiger partial charge < -0.3 is 18.9 Å². The molecule has 0 atom stereocenters. The minimum atomic E-state index is -1.06. The molecule has 0 saturated heterocycles. The number of hydrogen-bond donors (Lipinski definition) is 0. The van der Waals surface area contributed by atoms with E-state index in [1.165, 1.54) is 6.92 Å². The molecule has 7 nitrogen and oxygen atoms in total. The van der Waals surface area contributed by atoms with Gasteiger partial charge in [-0.25, -0.2) is 9.59 Å². The number of carbonyl (C=O) groups is 3. The Labute approximate surface area is 125 Å². The molecule has 0 saturated carbocycles. The van der Waals surface area contributed by atoms with Crippen LogP contribution in [-0.2, 0) is 23.7 Å². The van der Waals surface area contributed by atoms with E-state index in [0.717, 1.165) is 0 Å². The predicted molar refractivity (Wildman–Crippen MR) is 75.9 cm³/mol. The average Bonchev–Trinajstić information content (AvgIpc) is 2.10. The molecule has 0 aliphatic rings. The van der Waals surface area contributed by atoms with Crippen molar-refractivity contribution in [1.29, 1.82) is 0 Å². The van der Waals surface area contributed by atoms with Crippen molar-refractivity contribution in [2.75, 3.05) is 6.61 Å². The molecule has 124 valence electrons.